The number of amides is 1. The predicted molar refractivity (Wildman–Crippen MR) is 82.9 cm³/mol. The third-order valence-electron chi connectivity index (χ3n) is 2.73. The van der Waals surface area contributed by atoms with Crippen molar-refractivity contribution in [1.82, 2.24) is 15.0 Å². The molecule has 0 aliphatic carbocycles. The van der Waals surface area contributed by atoms with E-state index in [4.69, 9.17) is 0 Å². The topological polar surface area (TPSA) is 74.2 Å². The number of hydrogen-bond donors (Lipinski definition) is 1. The fourth-order valence-electron chi connectivity index (χ4n) is 1.69. The summed E-state index contributed by atoms with van der Waals surface area (Å²) in [6.45, 7) is 0. The molecule has 1 N–H and O–H groups in total. The van der Waals surface area contributed by atoms with Gasteiger partial charge >= 0.3 is 0 Å². The van der Waals surface area contributed by atoms with Crippen LogP contribution in [-0.2, 0) is 0 Å². The Balaban J connectivity index is 2.29. The number of aromatic nitrogens is 3. The van der Waals surface area contributed by atoms with Crippen molar-refractivity contribution < 1.29 is 4.79 Å². The largest absolute Gasteiger partial charge is 0.361 e. The molecule has 21 heavy (non-hydrogen) atoms. The van der Waals surface area contributed by atoms with E-state index in [0.29, 0.717) is 23.1 Å². The van der Waals surface area contributed by atoms with E-state index in [9.17, 15) is 4.79 Å². The fraction of sp³-hybridized carbons (Fsp3) is 0.286. The highest BCUT2D eigenvalue weighted by Crippen LogP contribution is 2.23. The van der Waals surface area contributed by atoms with Gasteiger partial charge in [-0.15, -0.1) is 0 Å². The fourth-order valence-corrected chi connectivity index (χ4v) is 1.69. The maximum absolute atomic E-state index is 12.1. The van der Waals surface area contributed by atoms with Gasteiger partial charge in [0.15, 0.2) is 5.82 Å². The Kier molecular flexibility index (Phi) is 4.32. The highest BCUT2D eigenvalue weighted by Gasteiger charge is 2.14. The Labute approximate surface area is 123 Å². The maximum Gasteiger partial charge on any atom is 0.274 e. The molecule has 0 aliphatic rings. The van der Waals surface area contributed by atoms with Crippen LogP contribution in [0.4, 0.5) is 17.5 Å². The lowest BCUT2D eigenvalue weighted by Gasteiger charge is -2.19. The van der Waals surface area contributed by atoms with E-state index in [1.807, 2.05) is 33.1 Å². The van der Waals surface area contributed by atoms with E-state index >= 15 is 0 Å². The second kappa shape index (κ2) is 6.17. The summed E-state index contributed by atoms with van der Waals surface area (Å²) in [5.74, 6) is 0.924. The summed E-state index contributed by atoms with van der Waals surface area (Å²) in [4.78, 5) is 28.4. The molecule has 0 unspecified atom stereocenters. The first-order chi connectivity index (χ1) is 9.99. The molecule has 2 aromatic rings. The summed E-state index contributed by atoms with van der Waals surface area (Å²) >= 11 is 0. The lowest BCUT2D eigenvalue weighted by atomic mass is 10.3. The van der Waals surface area contributed by atoms with Crippen molar-refractivity contribution in [2.24, 2.45) is 0 Å². The molecule has 0 radical (unpaired) electrons. The van der Waals surface area contributed by atoms with Crippen LogP contribution in [0.3, 0.4) is 0 Å². The molecule has 0 fully saturated rings. The van der Waals surface area contributed by atoms with Gasteiger partial charge in [-0.1, -0.05) is 6.07 Å². The van der Waals surface area contributed by atoms with Crippen LogP contribution in [0.25, 0.3) is 0 Å². The molecule has 7 nitrogen and oxygen atoms in total. The van der Waals surface area contributed by atoms with E-state index < -0.39 is 0 Å². The van der Waals surface area contributed by atoms with Crippen LogP contribution in [0, 0.1) is 0 Å². The smallest absolute Gasteiger partial charge is 0.274 e. The van der Waals surface area contributed by atoms with Crippen LogP contribution in [0.5, 0.6) is 0 Å². The average Bonchev–Trinajstić information content (AvgIpc) is 2.48. The van der Waals surface area contributed by atoms with Crippen molar-refractivity contribution in [3.8, 4) is 0 Å². The summed E-state index contributed by atoms with van der Waals surface area (Å²) in [5.41, 5.74) is 0.889. The van der Waals surface area contributed by atoms with Crippen molar-refractivity contribution in [2.45, 2.75) is 0 Å². The maximum atomic E-state index is 12.1. The van der Waals surface area contributed by atoms with Gasteiger partial charge in [0.1, 0.15) is 11.4 Å². The highest BCUT2D eigenvalue weighted by atomic mass is 16.1. The van der Waals surface area contributed by atoms with Crippen LogP contribution in [-0.4, -0.2) is 49.0 Å². The zero-order valence-corrected chi connectivity index (χ0v) is 12.5. The van der Waals surface area contributed by atoms with E-state index in [2.05, 4.69) is 20.3 Å². The van der Waals surface area contributed by atoms with Crippen molar-refractivity contribution in [3.05, 3.63) is 36.3 Å². The van der Waals surface area contributed by atoms with Gasteiger partial charge < -0.3 is 15.1 Å². The van der Waals surface area contributed by atoms with Crippen LogP contribution in [0.2, 0.25) is 0 Å². The summed E-state index contributed by atoms with van der Waals surface area (Å²) in [5, 5.41) is 2.79. The van der Waals surface area contributed by atoms with Gasteiger partial charge in [-0.25, -0.2) is 4.98 Å². The van der Waals surface area contributed by atoms with E-state index in [1.54, 1.807) is 35.5 Å². The molecule has 0 bridgehead atoms. The number of nitrogens with one attached hydrogen (secondary N) is 1. The number of pyridine rings is 1. The van der Waals surface area contributed by atoms with Crippen molar-refractivity contribution in [1.29, 1.82) is 0 Å². The minimum Gasteiger partial charge on any atom is -0.361 e. The molecule has 0 saturated carbocycles. The first-order valence-electron chi connectivity index (χ1n) is 6.43. The lowest BCUT2D eigenvalue weighted by Crippen LogP contribution is -2.21. The number of hydrogen-bond acceptors (Lipinski definition) is 6. The van der Waals surface area contributed by atoms with Gasteiger partial charge in [0.2, 0.25) is 5.95 Å². The molecule has 0 aromatic carbocycles. The summed E-state index contributed by atoms with van der Waals surface area (Å²) in [6.07, 6.45) is 3.17. The number of nitrogens with zero attached hydrogens (tertiary/aromatic N) is 5. The molecule has 7 heteroatoms. The second-order valence-corrected chi connectivity index (χ2v) is 4.87. The van der Waals surface area contributed by atoms with Gasteiger partial charge in [-0.05, 0) is 12.1 Å². The molecule has 2 rings (SSSR count). The zero-order chi connectivity index (χ0) is 15.4. The summed E-state index contributed by atoms with van der Waals surface area (Å²) < 4.78 is 0. The third-order valence-corrected chi connectivity index (χ3v) is 2.73. The van der Waals surface area contributed by atoms with Crippen LogP contribution in [0.15, 0.2) is 30.6 Å². The number of carbonyl (C=O) groups excluding carboxylic acids is 1. The van der Waals surface area contributed by atoms with Gasteiger partial charge in [0.05, 0.1) is 6.20 Å². The van der Waals surface area contributed by atoms with Gasteiger partial charge in [-0.2, -0.15) is 4.98 Å². The SMILES string of the molecule is CN(C)c1ncc(NC(=O)c2ccccn2)c(N(C)C)n1. The molecule has 0 saturated heterocycles. The number of anilines is 3. The average molecular weight is 286 g/mol. The predicted octanol–water partition coefficient (Wildman–Crippen LogP) is 1.26. The first kappa shape index (κ1) is 14.7. The molecule has 0 spiro atoms. The molecular formula is C14H18N6O. The Morgan fingerprint density at radius 2 is 1.86 bits per heavy atom. The van der Waals surface area contributed by atoms with Crippen LogP contribution in [0.1, 0.15) is 10.5 Å². The molecule has 0 atom stereocenters. The Morgan fingerprint density at radius 3 is 2.43 bits per heavy atom. The van der Waals surface area contributed by atoms with Crippen molar-refractivity contribution in [2.75, 3.05) is 43.3 Å². The van der Waals surface area contributed by atoms with E-state index in [1.165, 1.54) is 0 Å². The van der Waals surface area contributed by atoms with Crippen LogP contribution < -0.4 is 15.1 Å². The van der Waals surface area contributed by atoms with Crippen molar-refractivity contribution >= 4 is 23.4 Å². The Bertz CT molecular complexity index is 627. The summed E-state index contributed by atoms with van der Waals surface area (Å²) in [6, 6.07) is 5.18. The molecule has 1 amide bonds. The van der Waals surface area contributed by atoms with Gasteiger partial charge in [0.25, 0.3) is 5.91 Å². The second-order valence-electron chi connectivity index (χ2n) is 4.87. The van der Waals surface area contributed by atoms with Gasteiger partial charge in [-0.3, -0.25) is 9.78 Å². The lowest BCUT2D eigenvalue weighted by molar-refractivity contribution is 0.102. The van der Waals surface area contributed by atoms with E-state index in [-0.39, 0.29) is 5.91 Å². The molecule has 0 aliphatic heterocycles. The monoisotopic (exact) mass is 286 g/mol. The minimum absolute atomic E-state index is 0.292. The Hall–Kier alpha value is -2.70. The molecule has 2 heterocycles. The normalized spacial score (nSPS) is 10.1. The third kappa shape index (κ3) is 3.44. The highest BCUT2D eigenvalue weighted by molar-refractivity contribution is 6.04. The van der Waals surface area contributed by atoms with Gasteiger partial charge in [0, 0.05) is 34.4 Å². The molecule has 110 valence electrons. The van der Waals surface area contributed by atoms with Crippen LogP contribution >= 0.6 is 0 Å². The first-order valence-corrected chi connectivity index (χ1v) is 6.43. The summed E-state index contributed by atoms with van der Waals surface area (Å²) in [7, 11) is 7.44. The van der Waals surface area contributed by atoms with Crippen molar-refractivity contribution in [3.63, 3.8) is 0 Å². The zero-order valence-electron chi connectivity index (χ0n) is 12.5. The van der Waals surface area contributed by atoms with E-state index in [0.717, 1.165) is 0 Å². The molecular weight excluding hydrogens is 268 g/mol. The number of carbonyl (C=O) groups is 1. The Morgan fingerprint density at radius 1 is 1.10 bits per heavy atom. The minimum atomic E-state index is -0.292. The number of rotatable bonds is 4. The standard InChI is InChI=1S/C14H18N6O/c1-19(2)12-11(9-16-14(18-12)20(3)4)17-13(21)10-7-5-6-8-15-10/h5-9H,1-4H3,(H,17,21). The quantitative estimate of drug-likeness (QED) is 0.912. The molecule has 2 aromatic heterocycles.